The van der Waals surface area contributed by atoms with Gasteiger partial charge in [-0.05, 0) is 38.5 Å². The number of aromatic amines is 1. The first-order chi connectivity index (χ1) is 10.1. The van der Waals surface area contributed by atoms with Gasteiger partial charge in [-0.2, -0.15) is 0 Å². The van der Waals surface area contributed by atoms with Crippen molar-refractivity contribution >= 4 is 16.8 Å². The Hall–Kier alpha value is -2.30. The first kappa shape index (κ1) is 15.1. The first-order valence-corrected chi connectivity index (χ1v) is 7.15. The molecule has 0 aliphatic heterocycles. The van der Waals surface area contributed by atoms with Crippen molar-refractivity contribution in [3.63, 3.8) is 0 Å². The van der Waals surface area contributed by atoms with Crippen LogP contribution in [-0.4, -0.2) is 23.5 Å². The number of hydrogen-bond acceptors (Lipinski definition) is 3. The van der Waals surface area contributed by atoms with Crippen molar-refractivity contribution in [2.45, 2.75) is 33.2 Å². The van der Waals surface area contributed by atoms with Crippen LogP contribution in [0.2, 0.25) is 0 Å². The molecule has 21 heavy (non-hydrogen) atoms. The summed E-state index contributed by atoms with van der Waals surface area (Å²) in [4.78, 5) is 27.6. The van der Waals surface area contributed by atoms with Crippen molar-refractivity contribution in [2.75, 3.05) is 6.61 Å². The van der Waals surface area contributed by atoms with Crippen LogP contribution in [0.25, 0.3) is 10.9 Å². The van der Waals surface area contributed by atoms with Gasteiger partial charge >= 0.3 is 0 Å². The third kappa shape index (κ3) is 3.24. The van der Waals surface area contributed by atoms with Crippen molar-refractivity contribution in [1.29, 1.82) is 0 Å². The number of carbonyl (C=O) groups excluding carboxylic acids is 1. The number of amides is 1. The Bertz CT molecular complexity index is 706. The van der Waals surface area contributed by atoms with Crippen LogP contribution < -0.4 is 15.5 Å². The molecule has 5 nitrogen and oxygen atoms in total. The van der Waals surface area contributed by atoms with Crippen LogP contribution >= 0.6 is 0 Å². The monoisotopic (exact) mass is 288 g/mol. The largest absolute Gasteiger partial charge is 0.494 e. The van der Waals surface area contributed by atoms with Gasteiger partial charge in [-0.25, -0.2) is 0 Å². The number of H-pyrrole nitrogens is 1. The molecule has 1 heterocycles. The van der Waals surface area contributed by atoms with Crippen molar-refractivity contribution in [1.82, 2.24) is 10.3 Å². The molecule has 0 saturated carbocycles. The second-order valence-electron chi connectivity index (χ2n) is 4.95. The van der Waals surface area contributed by atoms with E-state index < -0.39 is 0 Å². The van der Waals surface area contributed by atoms with E-state index in [9.17, 15) is 9.59 Å². The molecule has 1 atom stereocenters. The van der Waals surface area contributed by atoms with Gasteiger partial charge in [0.1, 0.15) is 11.3 Å². The molecule has 0 radical (unpaired) electrons. The second-order valence-corrected chi connectivity index (χ2v) is 4.95. The summed E-state index contributed by atoms with van der Waals surface area (Å²) < 4.78 is 5.40. The summed E-state index contributed by atoms with van der Waals surface area (Å²) in [5.41, 5.74) is 0.520. The molecule has 1 unspecified atom stereocenters. The van der Waals surface area contributed by atoms with Crippen LogP contribution in [0.3, 0.4) is 0 Å². The van der Waals surface area contributed by atoms with Crippen LogP contribution in [-0.2, 0) is 0 Å². The Morgan fingerprint density at radius 2 is 2.14 bits per heavy atom. The number of benzene rings is 1. The van der Waals surface area contributed by atoms with Gasteiger partial charge in [-0.3, -0.25) is 9.59 Å². The first-order valence-electron chi connectivity index (χ1n) is 7.15. The minimum absolute atomic E-state index is 0.0300. The highest BCUT2D eigenvalue weighted by molar-refractivity contribution is 5.97. The van der Waals surface area contributed by atoms with Gasteiger partial charge in [0.05, 0.1) is 6.61 Å². The summed E-state index contributed by atoms with van der Waals surface area (Å²) in [6, 6.07) is 5.26. The van der Waals surface area contributed by atoms with Gasteiger partial charge in [-0.15, -0.1) is 0 Å². The summed E-state index contributed by atoms with van der Waals surface area (Å²) in [6.07, 6.45) is 2.27. The molecule has 0 aliphatic rings. The molecule has 1 aromatic carbocycles. The summed E-state index contributed by atoms with van der Waals surface area (Å²) in [5, 5.41) is 3.26. The number of rotatable bonds is 5. The van der Waals surface area contributed by atoms with Crippen LogP contribution in [0.1, 0.15) is 37.6 Å². The maximum Gasteiger partial charge on any atom is 0.256 e. The lowest BCUT2D eigenvalue weighted by molar-refractivity contribution is 0.0938. The second kappa shape index (κ2) is 6.43. The van der Waals surface area contributed by atoms with E-state index in [4.69, 9.17) is 4.74 Å². The highest BCUT2D eigenvalue weighted by atomic mass is 16.5. The van der Waals surface area contributed by atoms with Crippen molar-refractivity contribution in [2.24, 2.45) is 0 Å². The van der Waals surface area contributed by atoms with Crippen LogP contribution in [0.15, 0.2) is 29.2 Å². The van der Waals surface area contributed by atoms with E-state index in [0.29, 0.717) is 23.3 Å². The third-order valence-corrected chi connectivity index (χ3v) is 3.40. The maximum atomic E-state index is 12.5. The summed E-state index contributed by atoms with van der Waals surface area (Å²) in [6.45, 7) is 6.28. The number of hydrogen-bond donors (Lipinski definition) is 2. The van der Waals surface area contributed by atoms with Crippen molar-refractivity contribution < 1.29 is 9.53 Å². The minimum atomic E-state index is -0.352. The van der Waals surface area contributed by atoms with E-state index in [2.05, 4.69) is 10.3 Å². The number of ether oxygens (including phenoxy) is 1. The fraction of sp³-hybridized carbons (Fsp3) is 0.375. The zero-order valence-corrected chi connectivity index (χ0v) is 12.5. The third-order valence-electron chi connectivity index (χ3n) is 3.40. The van der Waals surface area contributed by atoms with Crippen LogP contribution in [0.4, 0.5) is 0 Å². The quantitative estimate of drug-likeness (QED) is 0.887. The van der Waals surface area contributed by atoms with Crippen molar-refractivity contribution in [3.8, 4) is 5.75 Å². The van der Waals surface area contributed by atoms with E-state index >= 15 is 0 Å². The molecule has 5 heteroatoms. The fourth-order valence-corrected chi connectivity index (χ4v) is 2.03. The Balaban J connectivity index is 2.44. The number of pyridine rings is 1. The molecule has 0 bridgehead atoms. The van der Waals surface area contributed by atoms with Gasteiger partial charge in [0.25, 0.3) is 5.91 Å². The molecule has 0 spiro atoms. The summed E-state index contributed by atoms with van der Waals surface area (Å²) >= 11 is 0. The number of aromatic nitrogens is 1. The Morgan fingerprint density at radius 1 is 1.38 bits per heavy atom. The molecule has 0 saturated heterocycles. The summed E-state index contributed by atoms with van der Waals surface area (Å²) in [5.74, 6) is 0.268. The normalized spacial score (nSPS) is 12.1. The van der Waals surface area contributed by atoms with Gasteiger partial charge in [-0.1, -0.05) is 6.92 Å². The molecule has 1 amide bonds. The van der Waals surface area contributed by atoms with Crippen molar-refractivity contribution in [3.05, 3.63) is 40.2 Å². The van der Waals surface area contributed by atoms with E-state index in [1.165, 1.54) is 6.20 Å². The molecule has 0 fully saturated rings. The standard InChI is InChI=1S/C16H20N2O3/c1-4-10(3)18-16(20)13-9-17-14-7-6-11(21-5-2)8-12(14)15(13)19/h6-10H,4-5H2,1-3H3,(H,17,19)(H,18,20). The fourth-order valence-electron chi connectivity index (χ4n) is 2.03. The molecular weight excluding hydrogens is 268 g/mol. The topological polar surface area (TPSA) is 71.2 Å². The smallest absolute Gasteiger partial charge is 0.256 e. The molecule has 2 N–H and O–H groups in total. The maximum absolute atomic E-state index is 12.5. The Kier molecular flexibility index (Phi) is 4.62. The van der Waals surface area contributed by atoms with Gasteiger partial charge in [0, 0.05) is 23.1 Å². The molecule has 2 aromatic rings. The number of carbonyl (C=O) groups is 1. The molecular formula is C16H20N2O3. The summed E-state index contributed by atoms with van der Waals surface area (Å²) in [7, 11) is 0. The molecule has 2 rings (SSSR count). The lowest BCUT2D eigenvalue weighted by atomic mass is 10.1. The zero-order valence-electron chi connectivity index (χ0n) is 12.5. The van der Waals surface area contributed by atoms with E-state index in [1.54, 1.807) is 18.2 Å². The predicted octanol–water partition coefficient (Wildman–Crippen LogP) is 2.46. The Morgan fingerprint density at radius 3 is 2.81 bits per heavy atom. The lowest BCUT2D eigenvalue weighted by Crippen LogP contribution is -2.35. The average Bonchev–Trinajstić information content (AvgIpc) is 2.48. The average molecular weight is 288 g/mol. The zero-order chi connectivity index (χ0) is 15.4. The van der Waals surface area contributed by atoms with E-state index in [1.807, 2.05) is 20.8 Å². The minimum Gasteiger partial charge on any atom is -0.494 e. The molecule has 112 valence electrons. The van der Waals surface area contributed by atoms with E-state index in [-0.39, 0.29) is 22.9 Å². The highest BCUT2D eigenvalue weighted by Gasteiger charge is 2.14. The van der Waals surface area contributed by atoms with Gasteiger partial charge in [0.15, 0.2) is 0 Å². The predicted molar refractivity (Wildman–Crippen MR) is 83.0 cm³/mol. The number of fused-ring (bicyclic) bond motifs is 1. The number of nitrogens with one attached hydrogen (secondary N) is 2. The van der Waals surface area contributed by atoms with Crippen LogP contribution in [0, 0.1) is 0 Å². The van der Waals surface area contributed by atoms with Crippen LogP contribution in [0.5, 0.6) is 5.75 Å². The lowest BCUT2D eigenvalue weighted by Gasteiger charge is -2.11. The SMILES string of the molecule is CCOc1ccc2[nH]cc(C(=O)NC(C)CC)c(=O)c2c1. The Labute approximate surface area is 123 Å². The molecule has 0 aliphatic carbocycles. The molecule has 1 aromatic heterocycles. The highest BCUT2D eigenvalue weighted by Crippen LogP contribution is 2.17. The van der Waals surface area contributed by atoms with Gasteiger partial charge in [0.2, 0.25) is 5.43 Å². The van der Waals surface area contributed by atoms with E-state index in [0.717, 1.165) is 6.42 Å². The van der Waals surface area contributed by atoms with Gasteiger partial charge < -0.3 is 15.0 Å².